The standard InChI is InChI=1S/C21H24N2O2/c1-14-6-8-16(9-7-14)19-22-20(25-23-19)15(2)24-18-12-10-17(11-13-18)21(3,4)5/h6-13,15H,1-5H3/t15-/m0/s1. The number of aryl methyl sites for hydroxylation is 1. The molecule has 1 aromatic heterocycles. The van der Waals surface area contributed by atoms with E-state index in [1.165, 1.54) is 11.1 Å². The van der Waals surface area contributed by atoms with Gasteiger partial charge in [-0.1, -0.05) is 67.9 Å². The van der Waals surface area contributed by atoms with Crippen LogP contribution < -0.4 is 4.74 Å². The molecule has 0 bridgehead atoms. The average molecular weight is 336 g/mol. The Balaban J connectivity index is 1.71. The molecule has 0 fully saturated rings. The molecule has 0 amide bonds. The summed E-state index contributed by atoms with van der Waals surface area (Å²) in [5.41, 5.74) is 3.52. The minimum Gasteiger partial charge on any atom is -0.481 e. The third-order valence-electron chi connectivity index (χ3n) is 4.13. The van der Waals surface area contributed by atoms with Gasteiger partial charge in [-0.05, 0) is 37.0 Å². The number of aromatic nitrogens is 2. The summed E-state index contributed by atoms with van der Waals surface area (Å²) in [6.07, 6.45) is -0.313. The molecular weight excluding hydrogens is 312 g/mol. The van der Waals surface area contributed by atoms with Gasteiger partial charge in [0.05, 0.1) is 0 Å². The highest BCUT2D eigenvalue weighted by atomic mass is 16.5. The molecule has 0 aliphatic rings. The highest BCUT2D eigenvalue weighted by Crippen LogP contribution is 2.27. The van der Waals surface area contributed by atoms with E-state index in [9.17, 15) is 0 Å². The number of benzene rings is 2. The predicted octanol–water partition coefficient (Wildman–Crippen LogP) is 5.48. The lowest BCUT2D eigenvalue weighted by Gasteiger charge is -2.19. The zero-order chi connectivity index (χ0) is 18.0. The van der Waals surface area contributed by atoms with E-state index in [-0.39, 0.29) is 11.5 Å². The van der Waals surface area contributed by atoms with Crippen molar-refractivity contribution < 1.29 is 9.26 Å². The van der Waals surface area contributed by atoms with E-state index < -0.39 is 0 Å². The highest BCUT2D eigenvalue weighted by molar-refractivity contribution is 5.54. The van der Waals surface area contributed by atoms with Crippen LogP contribution in [0, 0.1) is 6.92 Å². The molecule has 4 heteroatoms. The molecular formula is C21H24N2O2. The summed E-state index contributed by atoms with van der Waals surface area (Å²) in [5.74, 6) is 1.83. The Morgan fingerprint density at radius 2 is 1.60 bits per heavy atom. The third kappa shape index (κ3) is 4.08. The van der Waals surface area contributed by atoms with Crippen LogP contribution in [0.2, 0.25) is 0 Å². The Morgan fingerprint density at radius 3 is 2.20 bits per heavy atom. The molecule has 0 saturated heterocycles. The normalized spacial score (nSPS) is 12.8. The predicted molar refractivity (Wildman–Crippen MR) is 98.7 cm³/mol. The average Bonchev–Trinajstić information content (AvgIpc) is 3.05. The SMILES string of the molecule is Cc1ccc(-c2noc([C@H](C)Oc3ccc(C(C)(C)C)cc3)n2)cc1. The van der Waals surface area contributed by atoms with Crippen molar-refractivity contribution in [3.63, 3.8) is 0 Å². The fourth-order valence-electron chi connectivity index (χ4n) is 2.51. The number of hydrogen-bond acceptors (Lipinski definition) is 4. The van der Waals surface area contributed by atoms with Gasteiger partial charge in [0, 0.05) is 5.56 Å². The van der Waals surface area contributed by atoms with E-state index in [4.69, 9.17) is 9.26 Å². The van der Waals surface area contributed by atoms with Gasteiger partial charge in [0.15, 0.2) is 6.10 Å². The first kappa shape index (κ1) is 17.2. The second kappa shape index (κ2) is 6.71. The van der Waals surface area contributed by atoms with E-state index >= 15 is 0 Å². The number of ether oxygens (including phenoxy) is 1. The minimum absolute atomic E-state index is 0.125. The van der Waals surface area contributed by atoms with Crippen LogP contribution in [0.4, 0.5) is 0 Å². The zero-order valence-electron chi connectivity index (χ0n) is 15.4. The van der Waals surface area contributed by atoms with Crippen LogP contribution in [0.1, 0.15) is 50.8 Å². The van der Waals surface area contributed by atoms with Crippen molar-refractivity contribution in [3.05, 3.63) is 65.5 Å². The lowest BCUT2D eigenvalue weighted by Crippen LogP contribution is -2.10. The first-order valence-electron chi connectivity index (χ1n) is 8.51. The number of nitrogens with zero attached hydrogens (tertiary/aromatic N) is 2. The molecule has 1 atom stereocenters. The van der Waals surface area contributed by atoms with Gasteiger partial charge >= 0.3 is 0 Å². The van der Waals surface area contributed by atoms with Gasteiger partial charge in [-0.2, -0.15) is 4.98 Å². The Labute approximate surface area is 148 Å². The van der Waals surface area contributed by atoms with E-state index in [2.05, 4.69) is 43.0 Å². The van der Waals surface area contributed by atoms with Crippen LogP contribution in [0.5, 0.6) is 5.75 Å². The van der Waals surface area contributed by atoms with Gasteiger partial charge in [-0.15, -0.1) is 0 Å². The molecule has 0 spiro atoms. The van der Waals surface area contributed by atoms with Gasteiger partial charge in [0.1, 0.15) is 5.75 Å². The molecule has 3 rings (SSSR count). The summed E-state index contributed by atoms with van der Waals surface area (Å²) in [6, 6.07) is 16.2. The molecule has 0 unspecified atom stereocenters. The summed E-state index contributed by atoms with van der Waals surface area (Å²) < 4.78 is 11.3. The molecule has 130 valence electrons. The maximum atomic E-state index is 5.94. The van der Waals surface area contributed by atoms with E-state index in [0.29, 0.717) is 11.7 Å². The smallest absolute Gasteiger partial charge is 0.267 e. The summed E-state index contributed by atoms with van der Waals surface area (Å²) in [5, 5.41) is 4.06. The molecule has 1 heterocycles. The maximum absolute atomic E-state index is 5.94. The second-order valence-corrected chi connectivity index (χ2v) is 7.36. The van der Waals surface area contributed by atoms with Crippen molar-refractivity contribution in [3.8, 4) is 17.1 Å². The molecule has 0 N–H and O–H groups in total. The van der Waals surface area contributed by atoms with Gasteiger partial charge in [-0.3, -0.25) is 0 Å². The number of hydrogen-bond donors (Lipinski definition) is 0. The fraction of sp³-hybridized carbons (Fsp3) is 0.333. The maximum Gasteiger partial charge on any atom is 0.267 e. The van der Waals surface area contributed by atoms with Crippen molar-refractivity contribution in [2.75, 3.05) is 0 Å². The lowest BCUT2D eigenvalue weighted by atomic mass is 9.87. The Hall–Kier alpha value is -2.62. The van der Waals surface area contributed by atoms with E-state index in [1.54, 1.807) is 0 Å². The van der Waals surface area contributed by atoms with Gasteiger partial charge in [0.2, 0.25) is 5.82 Å². The summed E-state index contributed by atoms with van der Waals surface area (Å²) >= 11 is 0. The molecule has 25 heavy (non-hydrogen) atoms. The van der Waals surface area contributed by atoms with Crippen LogP contribution in [0.25, 0.3) is 11.4 Å². The Kier molecular flexibility index (Phi) is 4.62. The Morgan fingerprint density at radius 1 is 0.960 bits per heavy atom. The fourth-order valence-corrected chi connectivity index (χ4v) is 2.51. The minimum atomic E-state index is -0.313. The van der Waals surface area contributed by atoms with E-state index in [1.807, 2.05) is 50.2 Å². The van der Waals surface area contributed by atoms with Crippen molar-refractivity contribution in [2.24, 2.45) is 0 Å². The molecule has 0 radical (unpaired) electrons. The lowest BCUT2D eigenvalue weighted by molar-refractivity contribution is 0.175. The Bertz CT molecular complexity index is 828. The second-order valence-electron chi connectivity index (χ2n) is 7.36. The molecule has 0 saturated carbocycles. The van der Waals surface area contributed by atoms with Crippen LogP contribution in [-0.2, 0) is 5.41 Å². The van der Waals surface area contributed by atoms with Gasteiger partial charge in [0.25, 0.3) is 5.89 Å². The highest BCUT2D eigenvalue weighted by Gasteiger charge is 2.18. The molecule has 4 nitrogen and oxygen atoms in total. The summed E-state index contributed by atoms with van der Waals surface area (Å²) in [7, 11) is 0. The van der Waals surface area contributed by atoms with E-state index in [0.717, 1.165) is 11.3 Å². The van der Waals surface area contributed by atoms with Crippen LogP contribution in [0.15, 0.2) is 53.1 Å². The topological polar surface area (TPSA) is 48.2 Å². The molecule has 3 aromatic rings. The molecule has 0 aliphatic carbocycles. The zero-order valence-corrected chi connectivity index (χ0v) is 15.4. The van der Waals surface area contributed by atoms with Crippen LogP contribution in [0.3, 0.4) is 0 Å². The summed E-state index contributed by atoms with van der Waals surface area (Å²) in [4.78, 5) is 4.46. The first-order chi connectivity index (χ1) is 11.8. The molecule has 2 aromatic carbocycles. The van der Waals surface area contributed by atoms with Gasteiger partial charge in [-0.25, -0.2) is 0 Å². The third-order valence-corrected chi connectivity index (χ3v) is 4.13. The van der Waals surface area contributed by atoms with Gasteiger partial charge < -0.3 is 9.26 Å². The van der Waals surface area contributed by atoms with Crippen molar-refractivity contribution in [2.45, 2.75) is 46.1 Å². The monoisotopic (exact) mass is 336 g/mol. The first-order valence-corrected chi connectivity index (χ1v) is 8.51. The molecule has 0 aliphatic heterocycles. The largest absolute Gasteiger partial charge is 0.481 e. The van der Waals surface area contributed by atoms with Crippen molar-refractivity contribution in [1.29, 1.82) is 0 Å². The summed E-state index contributed by atoms with van der Waals surface area (Å²) in [6.45, 7) is 10.5. The quantitative estimate of drug-likeness (QED) is 0.633. The van der Waals surface area contributed by atoms with Crippen LogP contribution in [-0.4, -0.2) is 10.1 Å². The van der Waals surface area contributed by atoms with Crippen LogP contribution >= 0.6 is 0 Å². The van der Waals surface area contributed by atoms with Crippen molar-refractivity contribution >= 4 is 0 Å². The van der Waals surface area contributed by atoms with Crippen molar-refractivity contribution in [1.82, 2.24) is 10.1 Å². The number of rotatable bonds is 4.